The van der Waals surface area contributed by atoms with Crippen LogP contribution < -0.4 is 10.2 Å². The number of carbonyl (C=O) groups excluding carboxylic acids is 2. The highest BCUT2D eigenvalue weighted by Gasteiger charge is 2.43. The third kappa shape index (κ3) is 5.17. The maximum absolute atomic E-state index is 14.2. The van der Waals surface area contributed by atoms with Gasteiger partial charge in [0.1, 0.15) is 11.9 Å². The van der Waals surface area contributed by atoms with Gasteiger partial charge in [-0.15, -0.1) is 0 Å². The zero-order chi connectivity index (χ0) is 24.2. The predicted molar refractivity (Wildman–Crippen MR) is 126 cm³/mol. The number of likely N-dealkylation sites (tertiary alicyclic amines) is 1. The molecule has 2 aromatic carbocycles. The second-order valence-corrected chi connectivity index (χ2v) is 9.25. The average Bonchev–Trinajstić information content (AvgIpc) is 2.77. The molecule has 2 aromatic rings. The molecule has 1 heterocycles. The molecule has 180 valence electrons. The van der Waals surface area contributed by atoms with Gasteiger partial charge in [0.15, 0.2) is 0 Å². The number of amides is 3. The number of halogens is 2. The lowest BCUT2D eigenvalue weighted by Gasteiger charge is -2.41. The fourth-order valence-electron chi connectivity index (χ4n) is 4.64. The number of benzene rings is 2. The molecule has 1 aliphatic carbocycles. The highest BCUT2D eigenvalue weighted by atomic mass is 35.5. The van der Waals surface area contributed by atoms with E-state index in [1.54, 1.807) is 30.3 Å². The van der Waals surface area contributed by atoms with Gasteiger partial charge in [0, 0.05) is 35.4 Å². The largest absolute Gasteiger partial charge is 0.465 e. The van der Waals surface area contributed by atoms with Gasteiger partial charge >= 0.3 is 6.09 Å². The van der Waals surface area contributed by atoms with Crippen molar-refractivity contribution in [3.63, 3.8) is 0 Å². The van der Waals surface area contributed by atoms with Crippen molar-refractivity contribution in [2.24, 2.45) is 5.92 Å². The summed E-state index contributed by atoms with van der Waals surface area (Å²) < 4.78 is 14.2. The van der Waals surface area contributed by atoms with Gasteiger partial charge in [-0.1, -0.05) is 55.1 Å². The number of anilines is 1. The smallest absolute Gasteiger partial charge is 0.407 e. The molecule has 1 saturated heterocycles. The van der Waals surface area contributed by atoms with E-state index in [4.69, 9.17) is 11.6 Å². The second kappa shape index (κ2) is 10.4. The van der Waals surface area contributed by atoms with Crippen molar-refractivity contribution in [3.8, 4) is 0 Å². The van der Waals surface area contributed by atoms with Crippen molar-refractivity contribution in [2.45, 2.75) is 44.2 Å². The maximum Gasteiger partial charge on any atom is 0.407 e. The molecular formula is C25H27ClFN3O4. The van der Waals surface area contributed by atoms with E-state index < -0.39 is 35.7 Å². The third-order valence-electron chi connectivity index (χ3n) is 6.48. The fourth-order valence-corrected chi connectivity index (χ4v) is 4.88. The molecule has 4 rings (SSSR count). The number of nitrogens with one attached hydrogen (secondary N) is 1. The van der Waals surface area contributed by atoms with Crippen molar-refractivity contribution >= 4 is 35.2 Å². The zero-order valence-corrected chi connectivity index (χ0v) is 19.4. The standard InChI is InChI=1S/C25H27ClFN3O4/c26-21-12-5-4-11-20(21)22(23(31)28-18-8-2-1-3-9-18)30(19-10-6-7-17(27)13-19)24(32)16-14-29(15-16)25(33)34/h4-7,10-13,16,18,22H,1-3,8-9,14-15H2,(H,28,31)(H,33,34). The van der Waals surface area contributed by atoms with Crippen LogP contribution in [0.1, 0.15) is 43.7 Å². The first kappa shape index (κ1) is 24.0. The monoisotopic (exact) mass is 487 g/mol. The maximum atomic E-state index is 14.2. The second-order valence-electron chi connectivity index (χ2n) is 8.84. The quantitative estimate of drug-likeness (QED) is 0.622. The van der Waals surface area contributed by atoms with Gasteiger partial charge in [0.2, 0.25) is 11.8 Å². The van der Waals surface area contributed by atoms with Crippen molar-refractivity contribution in [2.75, 3.05) is 18.0 Å². The normalized spacial score (nSPS) is 17.5. The van der Waals surface area contributed by atoms with E-state index in [1.807, 2.05) is 0 Å². The molecule has 2 aliphatic rings. The summed E-state index contributed by atoms with van der Waals surface area (Å²) >= 11 is 6.49. The van der Waals surface area contributed by atoms with Crippen LogP contribution in [0.15, 0.2) is 48.5 Å². The first-order chi connectivity index (χ1) is 16.3. The van der Waals surface area contributed by atoms with Gasteiger partial charge in [-0.25, -0.2) is 9.18 Å². The van der Waals surface area contributed by atoms with E-state index in [1.165, 1.54) is 23.1 Å². The molecule has 34 heavy (non-hydrogen) atoms. The summed E-state index contributed by atoms with van der Waals surface area (Å²) in [7, 11) is 0. The lowest BCUT2D eigenvalue weighted by Crippen LogP contribution is -2.58. The van der Waals surface area contributed by atoms with E-state index in [-0.39, 0.29) is 24.8 Å². The van der Waals surface area contributed by atoms with Crippen molar-refractivity contribution in [1.82, 2.24) is 10.2 Å². The summed E-state index contributed by atoms with van der Waals surface area (Å²) in [6, 6.07) is 11.1. The molecule has 1 saturated carbocycles. The van der Waals surface area contributed by atoms with Crippen molar-refractivity contribution < 1.29 is 23.9 Å². The van der Waals surface area contributed by atoms with Crippen LogP contribution in [0.4, 0.5) is 14.9 Å². The number of carboxylic acid groups (broad SMARTS) is 1. The molecule has 0 spiro atoms. The third-order valence-corrected chi connectivity index (χ3v) is 6.83. The Kier molecular flexibility index (Phi) is 7.36. The van der Waals surface area contributed by atoms with Crippen molar-refractivity contribution in [3.05, 3.63) is 64.9 Å². The molecule has 9 heteroatoms. The van der Waals surface area contributed by atoms with E-state index in [0.29, 0.717) is 10.6 Å². The summed E-state index contributed by atoms with van der Waals surface area (Å²) in [5, 5.41) is 12.6. The lowest BCUT2D eigenvalue weighted by molar-refractivity contribution is -0.131. The van der Waals surface area contributed by atoms with E-state index in [9.17, 15) is 23.9 Å². The minimum atomic E-state index is -1.14. The van der Waals surface area contributed by atoms with Gasteiger partial charge in [-0.3, -0.25) is 14.5 Å². The van der Waals surface area contributed by atoms with E-state index in [2.05, 4.69) is 5.32 Å². The van der Waals surface area contributed by atoms with Crippen LogP contribution >= 0.6 is 11.6 Å². The SMILES string of the molecule is O=C(NC1CCCCC1)C(c1ccccc1Cl)N(C(=O)C1CN(C(=O)O)C1)c1cccc(F)c1. The van der Waals surface area contributed by atoms with Crippen LogP contribution in [0.25, 0.3) is 0 Å². The van der Waals surface area contributed by atoms with Gasteiger partial charge in [0.05, 0.1) is 5.92 Å². The molecule has 0 bridgehead atoms. The van der Waals surface area contributed by atoms with Crippen LogP contribution in [-0.2, 0) is 9.59 Å². The number of rotatable bonds is 6. The van der Waals surface area contributed by atoms with Crippen LogP contribution in [0.2, 0.25) is 5.02 Å². The molecule has 3 amide bonds. The number of hydrogen-bond acceptors (Lipinski definition) is 3. The molecule has 2 N–H and O–H groups in total. The van der Waals surface area contributed by atoms with Gasteiger partial charge < -0.3 is 15.3 Å². The first-order valence-corrected chi connectivity index (χ1v) is 11.8. The average molecular weight is 488 g/mol. The summed E-state index contributed by atoms with van der Waals surface area (Å²) in [4.78, 5) is 41.0. The minimum absolute atomic E-state index is 0.0121. The van der Waals surface area contributed by atoms with E-state index >= 15 is 0 Å². The van der Waals surface area contributed by atoms with Gasteiger partial charge in [0.25, 0.3) is 0 Å². The van der Waals surface area contributed by atoms with Gasteiger partial charge in [-0.2, -0.15) is 0 Å². The molecule has 0 radical (unpaired) electrons. The molecule has 7 nitrogen and oxygen atoms in total. The number of nitrogens with zero attached hydrogens (tertiary/aromatic N) is 2. The molecular weight excluding hydrogens is 461 g/mol. The highest BCUT2D eigenvalue weighted by molar-refractivity contribution is 6.31. The Hall–Kier alpha value is -3.13. The molecule has 2 fully saturated rings. The van der Waals surface area contributed by atoms with Gasteiger partial charge in [-0.05, 0) is 37.1 Å². The zero-order valence-electron chi connectivity index (χ0n) is 18.6. The summed E-state index contributed by atoms with van der Waals surface area (Å²) in [6.07, 6.45) is 3.74. The molecule has 0 aromatic heterocycles. The van der Waals surface area contributed by atoms with Crippen LogP contribution in [0.3, 0.4) is 0 Å². The Labute approximate surface area is 202 Å². The Morgan fingerprint density at radius 2 is 1.76 bits per heavy atom. The van der Waals surface area contributed by atoms with Crippen molar-refractivity contribution in [1.29, 1.82) is 0 Å². The topological polar surface area (TPSA) is 90.0 Å². The summed E-state index contributed by atoms with van der Waals surface area (Å²) in [5.41, 5.74) is 0.631. The Morgan fingerprint density at radius 1 is 1.06 bits per heavy atom. The Morgan fingerprint density at radius 3 is 2.41 bits per heavy atom. The van der Waals surface area contributed by atoms with Crippen LogP contribution in [0.5, 0.6) is 0 Å². The fraction of sp³-hybridized carbons (Fsp3) is 0.400. The Balaban J connectivity index is 1.74. The summed E-state index contributed by atoms with van der Waals surface area (Å²) in [6.45, 7) is 0.0267. The molecule has 1 unspecified atom stereocenters. The number of carbonyl (C=O) groups is 3. The predicted octanol–water partition coefficient (Wildman–Crippen LogP) is 4.61. The lowest BCUT2D eigenvalue weighted by atomic mass is 9.93. The minimum Gasteiger partial charge on any atom is -0.465 e. The van der Waals surface area contributed by atoms with Crippen LogP contribution in [-0.4, -0.2) is 47.0 Å². The first-order valence-electron chi connectivity index (χ1n) is 11.5. The highest BCUT2D eigenvalue weighted by Crippen LogP contribution is 2.35. The Bertz CT molecular complexity index is 1070. The van der Waals surface area contributed by atoms with Crippen LogP contribution in [0, 0.1) is 11.7 Å². The molecule has 1 atom stereocenters. The molecule has 1 aliphatic heterocycles. The van der Waals surface area contributed by atoms with E-state index in [0.717, 1.165) is 37.0 Å². The summed E-state index contributed by atoms with van der Waals surface area (Å²) in [5.74, 6) is -2.05. The number of hydrogen-bond donors (Lipinski definition) is 2.